The van der Waals surface area contributed by atoms with Gasteiger partial charge in [0.05, 0.1) is 39.9 Å². The molecule has 0 aromatic heterocycles. The first kappa shape index (κ1) is 71.7. The van der Waals surface area contributed by atoms with Gasteiger partial charge in [-0.05, 0) is 57.8 Å². The third-order valence-corrected chi connectivity index (χ3v) is 15.5. The highest BCUT2D eigenvalue weighted by molar-refractivity contribution is 7.45. The Balaban J connectivity index is 4.17. The van der Waals surface area contributed by atoms with Gasteiger partial charge in [-0.2, -0.15) is 0 Å². The molecule has 3 unspecified atom stereocenters. The van der Waals surface area contributed by atoms with E-state index in [1.165, 1.54) is 257 Å². The fourth-order valence-corrected chi connectivity index (χ4v) is 10.3. The first-order valence-electron chi connectivity index (χ1n) is 31.9. The van der Waals surface area contributed by atoms with Gasteiger partial charge in [0, 0.05) is 6.42 Å². The lowest BCUT2D eigenvalue weighted by molar-refractivity contribution is -0.870. The molecule has 0 heterocycles. The molecule has 0 aromatic carbocycles. The molecule has 1 amide bonds. The normalized spacial score (nSPS) is 14.0. The van der Waals surface area contributed by atoms with E-state index in [2.05, 4.69) is 43.5 Å². The maximum absolute atomic E-state index is 13.0. The molecule has 3 atom stereocenters. The highest BCUT2D eigenvalue weighted by atomic mass is 31.2. The van der Waals surface area contributed by atoms with E-state index in [0.29, 0.717) is 17.4 Å². The summed E-state index contributed by atoms with van der Waals surface area (Å²) in [6.07, 6.45) is 72.5. The number of carbonyl (C=O) groups is 1. The van der Waals surface area contributed by atoms with Crippen LogP contribution in [0.3, 0.4) is 0 Å². The Kier molecular flexibility index (Phi) is 54.5. The zero-order valence-electron chi connectivity index (χ0n) is 49.4. The van der Waals surface area contributed by atoms with Crippen molar-refractivity contribution in [3.8, 4) is 0 Å². The van der Waals surface area contributed by atoms with Crippen LogP contribution in [0.5, 0.6) is 0 Å². The molecular weight excluding hydrogens is 924 g/mol. The van der Waals surface area contributed by atoms with Crippen molar-refractivity contribution in [2.24, 2.45) is 0 Å². The summed E-state index contributed by atoms with van der Waals surface area (Å²) < 4.78 is 23.4. The molecule has 0 saturated carbocycles. The molecule has 9 heteroatoms. The van der Waals surface area contributed by atoms with Crippen LogP contribution in [0.25, 0.3) is 0 Å². The maximum Gasteiger partial charge on any atom is 0.268 e. The molecule has 0 aliphatic rings. The minimum absolute atomic E-state index is 0.00519. The number of phosphoric acid groups is 1. The number of aliphatic hydroxyl groups is 1. The number of hydrogen-bond donors (Lipinski definition) is 2. The van der Waals surface area contributed by atoms with E-state index in [0.717, 1.165) is 38.5 Å². The molecule has 0 rings (SSSR count). The number of hydrogen-bond acceptors (Lipinski definition) is 6. The average molecular weight is 1050 g/mol. The van der Waals surface area contributed by atoms with E-state index in [1.807, 2.05) is 27.2 Å². The summed E-state index contributed by atoms with van der Waals surface area (Å²) in [5.74, 6) is -0.203. The van der Waals surface area contributed by atoms with E-state index in [1.54, 1.807) is 6.08 Å². The smallest absolute Gasteiger partial charge is 0.268 e. The minimum Gasteiger partial charge on any atom is -0.756 e. The summed E-state index contributed by atoms with van der Waals surface area (Å²) in [5, 5.41) is 13.9. The monoisotopic (exact) mass is 1050 g/mol. The molecule has 0 aliphatic carbocycles. The Bertz CT molecular complexity index is 1280. The molecule has 432 valence electrons. The molecule has 0 aromatic rings. The van der Waals surface area contributed by atoms with Gasteiger partial charge in [0.2, 0.25) is 5.91 Å². The fraction of sp³-hybridized carbons (Fsp3) is 0.891. The summed E-state index contributed by atoms with van der Waals surface area (Å²) in [6.45, 7) is 4.68. The molecule has 0 fully saturated rings. The number of unbranched alkanes of at least 4 members (excludes halogenated alkanes) is 42. The Hall–Kier alpha value is -1.28. The second-order valence-corrected chi connectivity index (χ2v) is 24.5. The summed E-state index contributed by atoms with van der Waals surface area (Å²) in [6, 6.07) is -0.904. The number of nitrogens with zero attached hydrogens (tertiary/aromatic N) is 1. The van der Waals surface area contributed by atoms with Gasteiger partial charge >= 0.3 is 0 Å². The first-order chi connectivity index (χ1) is 35.5. The van der Waals surface area contributed by atoms with Gasteiger partial charge in [-0.1, -0.05) is 288 Å². The van der Waals surface area contributed by atoms with Crippen LogP contribution in [-0.2, 0) is 18.4 Å². The van der Waals surface area contributed by atoms with E-state index >= 15 is 0 Å². The Morgan fingerprint density at radius 3 is 1.11 bits per heavy atom. The molecule has 0 aliphatic heterocycles. The number of allylic oxidation sites excluding steroid dienone is 5. The van der Waals surface area contributed by atoms with Crippen LogP contribution in [-0.4, -0.2) is 68.5 Å². The van der Waals surface area contributed by atoms with Crippen molar-refractivity contribution in [1.29, 1.82) is 0 Å². The molecule has 0 radical (unpaired) electrons. The van der Waals surface area contributed by atoms with Crippen LogP contribution >= 0.6 is 7.82 Å². The SMILES string of the molecule is CCCCCCCCCC/C=C\CCCCCCCCCCCCCCCC(=O)NC(COP(=O)([O-])OCC[N+](C)(C)C)C(O)/C=C/CC/C=C/CCCCCCCCCCCCCCCCCCCCCC. The molecular formula is C64H125N2O6P. The van der Waals surface area contributed by atoms with Crippen LogP contribution in [0.2, 0.25) is 0 Å². The van der Waals surface area contributed by atoms with E-state index in [9.17, 15) is 19.4 Å². The predicted octanol–water partition coefficient (Wildman–Crippen LogP) is 19.1. The molecule has 8 nitrogen and oxygen atoms in total. The van der Waals surface area contributed by atoms with Crippen molar-refractivity contribution < 1.29 is 32.9 Å². The minimum atomic E-state index is -4.61. The quantitative estimate of drug-likeness (QED) is 0.0272. The number of quaternary nitrogens is 1. The zero-order chi connectivity index (χ0) is 53.5. The standard InChI is InChI=1S/C64H125N2O6P/c1-6-8-10-12-14-16-18-20-22-24-26-28-30-32-34-35-37-39-41-43-45-47-49-51-53-55-57-63(67)62(61-72-73(69,70)71-60-59-66(3,4)5)65-64(68)58-56-54-52-50-48-46-44-42-40-38-36-33-31-29-27-25-23-21-19-17-15-13-11-9-7-2/h25,27,47,49,55,57,62-63,67H,6-24,26,28-46,48,50-54,56,58-61H2,1-5H3,(H-,65,68,69,70)/b27-25-,49-47+,57-55+. The van der Waals surface area contributed by atoms with Crippen LogP contribution in [0.1, 0.15) is 316 Å². The maximum atomic E-state index is 13.0. The number of nitrogens with one attached hydrogen (secondary N) is 1. The number of rotatable bonds is 59. The highest BCUT2D eigenvalue weighted by Gasteiger charge is 2.23. The molecule has 2 N–H and O–H groups in total. The lowest BCUT2D eigenvalue weighted by Gasteiger charge is -2.29. The second kappa shape index (κ2) is 55.5. The number of carbonyl (C=O) groups excluding carboxylic acids is 1. The second-order valence-electron chi connectivity index (χ2n) is 23.1. The Labute approximate surface area is 455 Å². The van der Waals surface area contributed by atoms with Crippen LogP contribution < -0.4 is 10.2 Å². The zero-order valence-corrected chi connectivity index (χ0v) is 50.3. The topological polar surface area (TPSA) is 108 Å². The third kappa shape index (κ3) is 58.2. The van der Waals surface area contributed by atoms with E-state index < -0.39 is 26.6 Å². The summed E-state index contributed by atoms with van der Waals surface area (Å²) in [4.78, 5) is 25.6. The largest absolute Gasteiger partial charge is 0.756 e. The van der Waals surface area contributed by atoms with Crippen molar-refractivity contribution in [2.45, 2.75) is 328 Å². The van der Waals surface area contributed by atoms with E-state index in [-0.39, 0.29) is 12.5 Å². The van der Waals surface area contributed by atoms with Crippen LogP contribution in [0.4, 0.5) is 0 Å². The van der Waals surface area contributed by atoms with Gasteiger partial charge in [-0.3, -0.25) is 9.36 Å². The number of likely N-dealkylation sites (N-methyl/N-ethyl adjacent to an activating group) is 1. The lowest BCUT2D eigenvalue weighted by atomic mass is 10.0. The van der Waals surface area contributed by atoms with Crippen LogP contribution in [0.15, 0.2) is 36.5 Å². The number of aliphatic hydroxyl groups excluding tert-OH is 1. The highest BCUT2D eigenvalue weighted by Crippen LogP contribution is 2.38. The van der Waals surface area contributed by atoms with E-state index in [4.69, 9.17) is 9.05 Å². The van der Waals surface area contributed by atoms with Gasteiger partial charge in [0.1, 0.15) is 13.2 Å². The summed E-state index contributed by atoms with van der Waals surface area (Å²) >= 11 is 0. The average Bonchev–Trinajstić information content (AvgIpc) is 3.35. The Morgan fingerprint density at radius 1 is 0.466 bits per heavy atom. The van der Waals surface area contributed by atoms with Gasteiger partial charge in [0.15, 0.2) is 0 Å². The molecule has 73 heavy (non-hydrogen) atoms. The third-order valence-electron chi connectivity index (χ3n) is 14.6. The fourth-order valence-electron chi connectivity index (χ4n) is 9.58. The number of phosphoric ester groups is 1. The first-order valence-corrected chi connectivity index (χ1v) is 33.3. The van der Waals surface area contributed by atoms with Crippen molar-refractivity contribution >= 4 is 13.7 Å². The van der Waals surface area contributed by atoms with Crippen molar-refractivity contribution in [1.82, 2.24) is 5.32 Å². The van der Waals surface area contributed by atoms with Gasteiger partial charge in [-0.15, -0.1) is 0 Å². The molecule has 0 bridgehead atoms. The molecule has 0 saturated heterocycles. The lowest BCUT2D eigenvalue weighted by Crippen LogP contribution is -2.45. The van der Waals surface area contributed by atoms with Gasteiger partial charge in [-0.25, -0.2) is 0 Å². The summed E-state index contributed by atoms with van der Waals surface area (Å²) in [5.41, 5.74) is 0. The molecule has 0 spiro atoms. The number of amides is 1. The predicted molar refractivity (Wildman–Crippen MR) is 316 cm³/mol. The summed E-state index contributed by atoms with van der Waals surface area (Å²) in [7, 11) is 1.26. The van der Waals surface area contributed by atoms with Crippen molar-refractivity contribution in [3.05, 3.63) is 36.5 Å². The van der Waals surface area contributed by atoms with Gasteiger partial charge in [0.25, 0.3) is 7.82 Å². The van der Waals surface area contributed by atoms with Crippen molar-refractivity contribution in [2.75, 3.05) is 40.9 Å². The van der Waals surface area contributed by atoms with Crippen LogP contribution in [0, 0.1) is 0 Å². The van der Waals surface area contributed by atoms with Crippen molar-refractivity contribution in [3.63, 3.8) is 0 Å². The Morgan fingerprint density at radius 2 is 0.767 bits per heavy atom. The van der Waals surface area contributed by atoms with Gasteiger partial charge < -0.3 is 28.8 Å².